The number of piperazine rings is 1. The summed E-state index contributed by atoms with van der Waals surface area (Å²) in [7, 11) is 1.37. The van der Waals surface area contributed by atoms with Crippen LogP contribution in [-0.2, 0) is 9.47 Å². The van der Waals surface area contributed by atoms with Crippen LogP contribution in [0.2, 0.25) is 0 Å². The molecule has 3 aromatic rings. The molecule has 0 radical (unpaired) electrons. The first-order chi connectivity index (χ1) is 16.7. The number of carbonyl (C=O) groups is 2. The highest BCUT2D eigenvalue weighted by atomic mass is 32.1. The first kappa shape index (κ1) is 24.9. The molecule has 4 rings (SSSR count). The number of aromatic amines is 1. The molecule has 35 heavy (non-hydrogen) atoms. The van der Waals surface area contributed by atoms with E-state index in [0.717, 1.165) is 25.3 Å². The Hall–Kier alpha value is -3.24. The fourth-order valence-electron chi connectivity index (χ4n) is 4.61. The normalized spacial score (nSPS) is 17.4. The average molecular weight is 499 g/mol. The number of ether oxygens (including phenoxy) is 2. The van der Waals surface area contributed by atoms with Gasteiger partial charge in [-0.1, -0.05) is 0 Å². The van der Waals surface area contributed by atoms with Crippen LogP contribution in [0.1, 0.15) is 58.2 Å². The Balaban J connectivity index is 1.52. The molecule has 0 saturated carbocycles. The molecular formula is C25H30N4O5S. The van der Waals surface area contributed by atoms with E-state index in [1.165, 1.54) is 18.4 Å². The summed E-state index contributed by atoms with van der Waals surface area (Å²) in [6.07, 6.45) is 0. The Morgan fingerprint density at radius 1 is 1.23 bits per heavy atom. The topological polar surface area (TPSA) is 105 Å². The third kappa shape index (κ3) is 4.81. The maximum Gasteiger partial charge on any atom is 0.348 e. The van der Waals surface area contributed by atoms with E-state index in [-0.39, 0.29) is 30.2 Å². The van der Waals surface area contributed by atoms with Crippen molar-refractivity contribution in [2.24, 2.45) is 0 Å². The SMILES string of the molecule is CCOC(=O)c1sc2nc(C(C)N3CCN(c4ccc(C(=O)OC)cc4)CC3C)[nH]c(=O)c2c1C. The number of nitrogens with zero attached hydrogens (tertiary/aromatic N) is 3. The maximum absolute atomic E-state index is 12.9. The van der Waals surface area contributed by atoms with Crippen molar-refractivity contribution in [1.82, 2.24) is 14.9 Å². The summed E-state index contributed by atoms with van der Waals surface area (Å²) < 4.78 is 9.91. The summed E-state index contributed by atoms with van der Waals surface area (Å²) in [5, 5.41) is 0.447. The molecule has 1 N–H and O–H groups in total. The second-order valence-corrected chi connectivity index (χ2v) is 9.65. The van der Waals surface area contributed by atoms with E-state index < -0.39 is 5.97 Å². The Labute approximate surface area is 207 Å². The molecule has 2 aromatic heterocycles. The van der Waals surface area contributed by atoms with Crippen LogP contribution in [-0.4, -0.2) is 66.2 Å². The van der Waals surface area contributed by atoms with E-state index in [1.807, 2.05) is 19.1 Å². The highest BCUT2D eigenvalue weighted by Gasteiger charge is 2.30. The summed E-state index contributed by atoms with van der Waals surface area (Å²) in [4.78, 5) is 50.1. The largest absolute Gasteiger partial charge is 0.465 e. The van der Waals surface area contributed by atoms with Gasteiger partial charge in [0.25, 0.3) is 5.56 Å². The number of aromatic nitrogens is 2. The highest BCUT2D eigenvalue weighted by Crippen LogP contribution is 2.30. The Morgan fingerprint density at radius 3 is 2.57 bits per heavy atom. The van der Waals surface area contributed by atoms with Gasteiger partial charge < -0.3 is 19.4 Å². The highest BCUT2D eigenvalue weighted by molar-refractivity contribution is 7.20. The zero-order chi connectivity index (χ0) is 25.3. The minimum Gasteiger partial charge on any atom is -0.465 e. The second-order valence-electron chi connectivity index (χ2n) is 8.66. The van der Waals surface area contributed by atoms with Crippen molar-refractivity contribution in [1.29, 1.82) is 0 Å². The number of methoxy groups -OCH3 is 1. The number of nitrogens with one attached hydrogen (secondary N) is 1. The minimum absolute atomic E-state index is 0.112. The molecule has 1 aromatic carbocycles. The number of anilines is 1. The van der Waals surface area contributed by atoms with Crippen LogP contribution in [0.4, 0.5) is 5.69 Å². The van der Waals surface area contributed by atoms with Crippen LogP contribution >= 0.6 is 11.3 Å². The van der Waals surface area contributed by atoms with Crippen LogP contribution in [0.25, 0.3) is 10.2 Å². The first-order valence-corrected chi connectivity index (χ1v) is 12.5. The predicted molar refractivity (Wildman–Crippen MR) is 136 cm³/mol. The van der Waals surface area contributed by atoms with Crippen molar-refractivity contribution in [3.05, 3.63) is 56.4 Å². The van der Waals surface area contributed by atoms with Crippen molar-refractivity contribution in [3.8, 4) is 0 Å². The molecule has 1 saturated heterocycles. The molecule has 186 valence electrons. The molecule has 1 fully saturated rings. The summed E-state index contributed by atoms with van der Waals surface area (Å²) in [5.74, 6) is -0.189. The van der Waals surface area contributed by atoms with E-state index >= 15 is 0 Å². The molecule has 9 nitrogen and oxygen atoms in total. The lowest BCUT2D eigenvalue weighted by molar-refractivity contribution is 0.0530. The molecular weight excluding hydrogens is 468 g/mol. The van der Waals surface area contributed by atoms with Crippen LogP contribution in [0.5, 0.6) is 0 Å². The number of aryl methyl sites for hydroxylation is 1. The second kappa shape index (κ2) is 10.2. The lowest BCUT2D eigenvalue weighted by atomic mass is 10.1. The molecule has 0 amide bonds. The molecule has 2 atom stereocenters. The molecule has 0 spiro atoms. The van der Waals surface area contributed by atoms with Gasteiger partial charge in [0.1, 0.15) is 15.5 Å². The summed E-state index contributed by atoms with van der Waals surface area (Å²) in [5.41, 5.74) is 1.94. The van der Waals surface area contributed by atoms with Gasteiger partial charge in [0.2, 0.25) is 0 Å². The third-order valence-electron chi connectivity index (χ3n) is 6.51. The van der Waals surface area contributed by atoms with Gasteiger partial charge >= 0.3 is 11.9 Å². The van der Waals surface area contributed by atoms with Gasteiger partial charge in [-0.3, -0.25) is 9.69 Å². The number of hydrogen-bond acceptors (Lipinski definition) is 9. The molecule has 0 aliphatic carbocycles. The van der Waals surface area contributed by atoms with E-state index in [4.69, 9.17) is 14.5 Å². The van der Waals surface area contributed by atoms with Gasteiger partial charge in [-0.15, -0.1) is 11.3 Å². The van der Waals surface area contributed by atoms with E-state index in [1.54, 1.807) is 26.0 Å². The van der Waals surface area contributed by atoms with Gasteiger partial charge in [0.05, 0.1) is 30.7 Å². The fourth-order valence-corrected chi connectivity index (χ4v) is 5.70. The summed E-state index contributed by atoms with van der Waals surface area (Å²) in [6.45, 7) is 10.3. The monoisotopic (exact) mass is 498 g/mol. The van der Waals surface area contributed by atoms with Gasteiger partial charge in [-0.05, 0) is 57.5 Å². The number of H-pyrrole nitrogens is 1. The lowest BCUT2D eigenvalue weighted by Crippen LogP contribution is -2.53. The predicted octanol–water partition coefficient (Wildman–Crippen LogP) is 3.53. The van der Waals surface area contributed by atoms with Crippen LogP contribution < -0.4 is 10.5 Å². The van der Waals surface area contributed by atoms with Crippen molar-refractivity contribution in [2.75, 3.05) is 38.3 Å². The van der Waals surface area contributed by atoms with Crippen molar-refractivity contribution >= 4 is 39.2 Å². The van der Waals surface area contributed by atoms with E-state index in [2.05, 4.69) is 21.7 Å². The molecule has 1 aliphatic heterocycles. The number of esters is 2. The number of carbonyl (C=O) groups excluding carboxylic acids is 2. The zero-order valence-electron chi connectivity index (χ0n) is 20.6. The molecule has 3 heterocycles. The van der Waals surface area contributed by atoms with Crippen molar-refractivity contribution in [2.45, 2.75) is 39.8 Å². The van der Waals surface area contributed by atoms with Crippen molar-refractivity contribution < 1.29 is 19.1 Å². The lowest BCUT2D eigenvalue weighted by Gasteiger charge is -2.43. The number of fused-ring (bicyclic) bond motifs is 1. The zero-order valence-corrected chi connectivity index (χ0v) is 21.4. The number of rotatable bonds is 6. The Kier molecular flexibility index (Phi) is 7.23. The maximum atomic E-state index is 12.9. The number of hydrogen-bond donors (Lipinski definition) is 1. The minimum atomic E-state index is -0.425. The Morgan fingerprint density at radius 2 is 1.94 bits per heavy atom. The molecule has 2 unspecified atom stereocenters. The van der Waals surface area contributed by atoms with Crippen LogP contribution in [0, 0.1) is 6.92 Å². The number of thiophene rings is 1. The van der Waals surface area contributed by atoms with Gasteiger partial charge in [0, 0.05) is 31.4 Å². The van der Waals surface area contributed by atoms with Gasteiger partial charge in [0.15, 0.2) is 0 Å². The number of benzene rings is 1. The van der Waals surface area contributed by atoms with E-state index in [9.17, 15) is 14.4 Å². The summed E-state index contributed by atoms with van der Waals surface area (Å²) >= 11 is 1.20. The first-order valence-electron chi connectivity index (χ1n) is 11.6. The van der Waals surface area contributed by atoms with Crippen molar-refractivity contribution in [3.63, 3.8) is 0 Å². The quantitative estimate of drug-likeness (QED) is 0.515. The standard InChI is InChI=1S/C25H30N4O5S/c1-6-34-25(32)20-15(3)19-22(30)26-21(27-23(19)35-20)16(4)29-12-11-28(13-14(29)2)18-9-7-17(8-10-18)24(31)33-5/h7-10,14,16H,6,11-13H2,1-5H3,(H,26,27,30). The molecule has 10 heteroatoms. The Bertz CT molecular complexity index is 1300. The van der Waals surface area contributed by atoms with Crippen LogP contribution in [0.15, 0.2) is 29.1 Å². The summed E-state index contributed by atoms with van der Waals surface area (Å²) in [6, 6.07) is 7.51. The smallest absolute Gasteiger partial charge is 0.348 e. The average Bonchev–Trinajstić information content (AvgIpc) is 3.20. The van der Waals surface area contributed by atoms with Gasteiger partial charge in [-0.25, -0.2) is 14.6 Å². The molecule has 0 bridgehead atoms. The fraction of sp³-hybridized carbons (Fsp3) is 0.440. The van der Waals surface area contributed by atoms with Gasteiger partial charge in [-0.2, -0.15) is 0 Å². The van der Waals surface area contributed by atoms with Crippen LogP contribution in [0.3, 0.4) is 0 Å². The molecule has 1 aliphatic rings. The van der Waals surface area contributed by atoms with E-state index in [0.29, 0.717) is 32.0 Å². The third-order valence-corrected chi connectivity index (χ3v) is 7.67.